The molecule has 6 heteroatoms. The molecule has 3 rings (SSSR count). The smallest absolute Gasteiger partial charge is 0.309 e. The first-order chi connectivity index (χ1) is 13.5. The van der Waals surface area contributed by atoms with Crippen LogP contribution in [0.2, 0.25) is 0 Å². The first-order valence-corrected chi connectivity index (χ1v) is 9.27. The maximum atomic E-state index is 12.2. The minimum atomic E-state index is -0.626. The van der Waals surface area contributed by atoms with Crippen molar-refractivity contribution in [2.45, 2.75) is 12.6 Å². The number of carbonyl (C=O) groups excluding carboxylic acids is 2. The summed E-state index contributed by atoms with van der Waals surface area (Å²) in [4.78, 5) is 26.4. The summed E-state index contributed by atoms with van der Waals surface area (Å²) in [5, 5.41) is 6.57. The molecule has 0 saturated carbocycles. The van der Waals surface area contributed by atoms with Crippen LogP contribution in [-0.4, -0.2) is 41.9 Å². The second-order valence-electron chi connectivity index (χ2n) is 7.07. The largest absolute Gasteiger partial charge is 0.350 e. The van der Waals surface area contributed by atoms with Crippen LogP contribution in [0.5, 0.6) is 0 Å². The van der Waals surface area contributed by atoms with Crippen molar-refractivity contribution in [1.82, 2.24) is 20.1 Å². The molecule has 1 unspecified atom stereocenters. The van der Waals surface area contributed by atoms with Crippen molar-refractivity contribution in [2.75, 3.05) is 20.6 Å². The fraction of sp³-hybridized carbons (Fsp3) is 0.273. The second-order valence-corrected chi connectivity index (χ2v) is 7.07. The highest BCUT2D eigenvalue weighted by Gasteiger charge is 2.21. The van der Waals surface area contributed by atoms with Gasteiger partial charge in [-0.25, -0.2) is 0 Å². The summed E-state index contributed by atoms with van der Waals surface area (Å²) in [6.07, 6.45) is 2.08. The van der Waals surface area contributed by atoms with Crippen LogP contribution < -0.4 is 10.6 Å². The molecular weight excluding hydrogens is 352 g/mol. The Morgan fingerprint density at radius 2 is 1.61 bits per heavy atom. The van der Waals surface area contributed by atoms with Crippen LogP contribution in [0.4, 0.5) is 0 Å². The molecule has 2 amide bonds. The minimum absolute atomic E-state index is 0.0445. The van der Waals surface area contributed by atoms with Gasteiger partial charge in [0.15, 0.2) is 0 Å². The Bertz CT molecular complexity index is 963. The SMILES string of the molecule is CN(C)C(CNC(=O)C(=O)NCc1ccccc1)c1cn(C)c2ccccc12. The van der Waals surface area contributed by atoms with E-state index in [-0.39, 0.29) is 6.04 Å². The van der Waals surface area contributed by atoms with E-state index in [4.69, 9.17) is 0 Å². The minimum Gasteiger partial charge on any atom is -0.350 e. The number of carbonyl (C=O) groups is 2. The summed E-state index contributed by atoms with van der Waals surface area (Å²) < 4.78 is 2.08. The number of amides is 2. The summed E-state index contributed by atoms with van der Waals surface area (Å²) in [5.74, 6) is -1.25. The van der Waals surface area contributed by atoms with Gasteiger partial charge in [0.2, 0.25) is 0 Å². The fourth-order valence-corrected chi connectivity index (χ4v) is 3.34. The molecule has 146 valence electrons. The van der Waals surface area contributed by atoms with Crippen LogP contribution in [0, 0.1) is 0 Å². The van der Waals surface area contributed by atoms with Gasteiger partial charge >= 0.3 is 11.8 Å². The van der Waals surface area contributed by atoms with Gasteiger partial charge in [-0.2, -0.15) is 0 Å². The van der Waals surface area contributed by atoms with E-state index in [0.717, 1.165) is 22.0 Å². The Balaban J connectivity index is 1.64. The zero-order chi connectivity index (χ0) is 20.1. The molecule has 0 aliphatic carbocycles. The zero-order valence-electron chi connectivity index (χ0n) is 16.5. The van der Waals surface area contributed by atoms with Crippen LogP contribution in [0.15, 0.2) is 60.8 Å². The molecule has 0 spiro atoms. The quantitative estimate of drug-likeness (QED) is 0.647. The summed E-state index contributed by atoms with van der Waals surface area (Å²) in [5.41, 5.74) is 3.20. The summed E-state index contributed by atoms with van der Waals surface area (Å²) in [7, 11) is 5.94. The summed E-state index contributed by atoms with van der Waals surface area (Å²) >= 11 is 0. The lowest BCUT2D eigenvalue weighted by atomic mass is 10.0. The molecule has 0 aliphatic rings. The van der Waals surface area contributed by atoms with Gasteiger partial charge in [-0.15, -0.1) is 0 Å². The molecule has 0 radical (unpaired) electrons. The number of aryl methyl sites for hydroxylation is 1. The molecule has 28 heavy (non-hydrogen) atoms. The standard InChI is InChI=1S/C22H26N4O2/c1-25(2)20(18-15-26(3)19-12-8-7-11-17(18)19)14-24-22(28)21(27)23-13-16-9-5-4-6-10-16/h4-12,15,20H,13-14H2,1-3H3,(H,23,27)(H,24,28). The molecule has 1 atom stereocenters. The average Bonchev–Trinajstić information content (AvgIpc) is 3.03. The maximum Gasteiger partial charge on any atom is 0.309 e. The van der Waals surface area contributed by atoms with Crippen molar-refractivity contribution in [3.05, 3.63) is 71.9 Å². The Morgan fingerprint density at radius 1 is 0.964 bits per heavy atom. The van der Waals surface area contributed by atoms with E-state index in [1.165, 1.54) is 0 Å². The highest BCUT2D eigenvalue weighted by molar-refractivity contribution is 6.35. The Kier molecular flexibility index (Phi) is 6.11. The van der Waals surface area contributed by atoms with Crippen molar-refractivity contribution >= 4 is 22.7 Å². The number of rotatable bonds is 6. The van der Waals surface area contributed by atoms with Gasteiger partial charge in [0, 0.05) is 37.2 Å². The van der Waals surface area contributed by atoms with Crippen LogP contribution in [-0.2, 0) is 23.2 Å². The van der Waals surface area contributed by atoms with Crippen LogP contribution in [0.1, 0.15) is 17.2 Å². The lowest BCUT2D eigenvalue weighted by Crippen LogP contribution is -2.42. The molecule has 2 aromatic carbocycles. The van der Waals surface area contributed by atoms with Gasteiger partial charge < -0.3 is 20.1 Å². The first kappa shape index (κ1) is 19.6. The third-order valence-corrected chi connectivity index (χ3v) is 4.87. The third-order valence-electron chi connectivity index (χ3n) is 4.87. The number of hydrogen-bond acceptors (Lipinski definition) is 3. The molecule has 2 N–H and O–H groups in total. The van der Waals surface area contributed by atoms with Gasteiger partial charge in [0.05, 0.1) is 6.04 Å². The Hall–Kier alpha value is -3.12. The zero-order valence-corrected chi connectivity index (χ0v) is 16.5. The number of likely N-dealkylation sites (N-methyl/N-ethyl adjacent to an activating group) is 1. The van der Waals surface area contributed by atoms with E-state index in [2.05, 4.69) is 33.5 Å². The number of para-hydroxylation sites is 1. The highest BCUT2D eigenvalue weighted by Crippen LogP contribution is 2.28. The molecule has 0 bridgehead atoms. The molecule has 6 nitrogen and oxygen atoms in total. The summed E-state index contributed by atoms with van der Waals surface area (Å²) in [6, 6.07) is 17.6. The van der Waals surface area contributed by atoms with Gasteiger partial charge in [-0.3, -0.25) is 9.59 Å². The van der Waals surface area contributed by atoms with Crippen LogP contribution in [0.25, 0.3) is 10.9 Å². The van der Waals surface area contributed by atoms with Gasteiger partial charge in [-0.05, 0) is 31.3 Å². The number of benzene rings is 2. The molecule has 1 heterocycles. The average molecular weight is 378 g/mol. The van der Waals surface area contributed by atoms with E-state index in [0.29, 0.717) is 13.1 Å². The lowest BCUT2D eigenvalue weighted by molar-refractivity contribution is -0.139. The Morgan fingerprint density at radius 3 is 2.32 bits per heavy atom. The number of hydrogen-bond donors (Lipinski definition) is 2. The molecule has 3 aromatic rings. The normalized spacial score (nSPS) is 12.1. The number of aromatic nitrogens is 1. The number of nitrogens with zero attached hydrogens (tertiary/aromatic N) is 2. The van der Waals surface area contributed by atoms with Crippen molar-refractivity contribution in [3.63, 3.8) is 0 Å². The third kappa shape index (κ3) is 4.40. The number of nitrogens with one attached hydrogen (secondary N) is 2. The maximum absolute atomic E-state index is 12.2. The van der Waals surface area contributed by atoms with Gasteiger partial charge in [-0.1, -0.05) is 48.5 Å². The second kappa shape index (κ2) is 8.71. The van der Waals surface area contributed by atoms with Crippen LogP contribution in [0.3, 0.4) is 0 Å². The van der Waals surface area contributed by atoms with E-state index >= 15 is 0 Å². The topological polar surface area (TPSA) is 66.4 Å². The predicted molar refractivity (Wildman–Crippen MR) is 111 cm³/mol. The summed E-state index contributed by atoms with van der Waals surface area (Å²) in [6.45, 7) is 0.673. The highest BCUT2D eigenvalue weighted by atomic mass is 16.2. The number of fused-ring (bicyclic) bond motifs is 1. The molecule has 0 aliphatic heterocycles. The lowest BCUT2D eigenvalue weighted by Gasteiger charge is -2.24. The van der Waals surface area contributed by atoms with E-state index < -0.39 is 11.8 Å². The molecular formula is C22H26N4O2. The van der Waals surface area contributed by atoms with E-state index in [1.54, 1.807) is 0 Å². The van der Waals surface area contributed by atoms with Crippen molar-refractivity contribution in [3.8, 4) is 0 Å². The van der Waals surface area contributed by atoms with Crippen molar-refractivity contribution in [1.29, 1.82) is 0 Å². The van der Waals surface area contributed by atoms with Crippen molar-refractivity contribution < 1.29 is 9.59 Å². The fourth-order valence-electron chi connectivity index (χ4n) is 3.34. The Labute approximate surface area is 165 Å². The molecule has 1 aromatic heterocycles. The van der Waals surface area contributed by atoms with Gasteiger partial charge in [0.1, 0.15) is 0 Å². The monoisotopic (exact) mass is 378 g/mol. The van der Waals surface area contributed by atoms with Crippen LogP contribution >= 0.6 is 0 Å². The first-order valence-electron chi connectivity index (χ1n) is 9.27. The van der Waals surface area contributed by atoms with Crippen molar-refractivity contribution in [2.24, 2.45) is 7.05 Å². The van der Waals surface area contributed by atoms with Gasteiger partial charge in [0.25, 0.3) is 0 Å². The predicted octanol–water partition coefficient (Wildman–Crippen LogP) is 2.21. The molecule has 0 fully saturated rings. The molecule has 0 saturated heterocycles. The van der Waals surface area contributed by atoms with E-state index in [1.807, 2.05) is 68.5 Å². The van der Waals surface area contributed by atoms with E-state index in [9.17, 15) is 9.59 Å².